The van der Waals surface area contributed by atoms with Gasteiger partial charge in [0.25, 0.3) is 11.5 Å². The van der Waals surface area contributed by atoms with E-state index < -0.39 is 5.91 Å². The number of benzene rings is 1. The molecule has 27 heavy (non-hydrogen) atoms. The van der Waals surface area contributed by atoms with E-state index in [2.05, 4.69) is 27.0 Å². The highest BCUT2D eigenvalue weighted by atomic mass is 32.1. The summed E-state index contributed by atoms with van der Waals surface area (Å²) >= 11 is 1.36. The fraction of sp³-hybridized carbons (Fsp3) is 0.316. The number of hydrogen-bond donors (Lipinski definition) is 1. The molecule has 1 saturated heterocycles. The van der Waals surface area contributed by atoms with Crippen LogP contribution in [0.1, 0.15) is 17.3 Å². The molecule has 0 aliphatic carbocycles. The highest BCUT2D eigenvalue weighted by Gasteiger charge is 2.20. The smallest absolute Gasteiger partial charge is 0.271 e. The maximum atomic E-state index is 12.7. The van der Waals surface area contributed by atoms with Crippen LogP contribution in [0.4, 0.5) is 11.4 Å². The van der Waals surface area contributed by atoms with Crippen LogP contribution in [0, 0.1) is 0 Å². The third-order valence-electron chi connectivity index (χ3n) is 4.90. The average molecular weight is 383 g/mol. The van der Waals surface area contributed by atoms with Crippen LogP contribution in [0.15, 0.2) is 46.8 Å². The minimum atomic E-state index is -0.437. The molecule has 3 aromatic rings. The molecule has 140 valence electrons. The maximum absolute atomic E-state index is 12.7. The summed E-state index contributed by atoms with van der Waals surface area (Å²) in [4.78, 5) is 34.7. The summed E-state index contributed by atoms with van der Waals surface area (Å²) in [5.74, 6) is -0.437. The molecule has 0 unspecified atom stereocenters. The van der Waals surface area contributed by atoms with Crippen LogP contribution in [-0.2, 0) is 0 Å². The van der Waals surface area contributed by atoms with Crippen molar-refractivity contribution in [2.24, 2.45) is 0 Å². The second-order valence-corrected chi connectivity index (χ2v) is 7.30. The van der Waals surface area contributed by atoms with E-state index in [9.17, 15) is 9.59 Å². The number of amides is 1. The molecule has 0 atom stereocenters. The number of anilines is 2. The van der Waals surface area contributed by atoms with Crippen molar-refractivity contribution in [1.29, 1.82) is 0 Å². The number of nitrogens with zero attached hydrogens (tertiary/aromatic N) is 4. The molecule has 7 nitrogen and oxygen atoms in total. The Labute approximate surface area is 160 Å². The second-order valence-electron chi connectivity index (χ2n) is 6.43. The van der Waals surface area contributed by atoms with Gasteiger partial charge in [-0.1, -0.05) is 19.1 Å². The quantitative estimate of drug-likeness (QED) is 0.748. The fourth-order valence-electron chi connectivity index (χ4n) is 3.33. The Morgan fingerprint density at radius 3 is 2.78 bits per heavy atom. The Kier molecular flexibility index (Phi) is 4.91. The zero-order valence-electron chi connectivity index (χ0n) is 15.1. The van der Waals surface area contributed by atoms with E-state index in [0.29, 0.717) is 10.6 Å². The Balaban J connectivity index is 1.58. The zero-order chi connectivity index (χ0) is 18.8. The first-order valence-corrected chi connectivity index (χ1v) is 9.88. The van der Waals surface area contributed by atoms with E-state index in [4.69, 9.17) is 0 Å². The number of thiazole rings is 1. The first-order valence-electron chi connectivity index (χ1n) is 9.00. The SMILES string of the molecule is CCN1CCN(c2ccccc2NC(=O)c2cnc3sccn3c2=O)CC1. The molecular weight excluding hydrogens is 362 g/mol. The number of nitrogens with one attached hydrogen (secondary N) is 1. The number of para-hydroxylation sites is 2. The second kappa shape index (κ2) is 7.50. The predicted octanol–water partition coefficient (Wildman–Crippen LogP) is 2.15. The molecule has 0 bridgehead atoms. The summed E-state index contributed by atoms with van der Waals surface area (Å²) < 4.78 is 1.40. The largest absolute Gasteiger partial charge is 0.367 e. The van der Waals surface area contributed by atoms with E-state index in [1.54, 1.807) is 11.6 Å². The lowest BCUT2D eigenvalue weighted by Gasteiger charge is -2.36. The van der Waals surface area contributed by atoms with E-state index in [0.717, 1.165) is 38.4 Å². The number of piperazine rings is 1. The van der Waals surface area contributed by atoms with E-state index >= 15 is 0 Å². The van der Waals surface area contributed by atoms with Gasteiger partial charge >= 0.3 is 0 Å². The summed E-state index contributed by atoms with van der Waals surface area (Å²) in [5.41, 5.74) is 1.37. The number of likely N-dealkylation sites (N-methyl/N-ethyl adjacent to an activating group) is 1. The summed E-state index contributed by atoms with van der Waals surface area (Å²) in [5, 5.41) is 4.68. The first kappa shape index (κ1) is 17.7. The van der Waals surface area contributed by atoms with Crippen LogP contribution in [0.25, 0.3) is 4.96 Å². The lowest BCUT2D eigenvalue weighted by atomic mass is 10.2. The molecule has 8 heteroatoms. The molecule has 1 aromatic carbocycles. The molecule has 1 aliphatic heterocycles. The van der Waals surface area contributed by atoms with Gasteiger partial charge in [-0.15, -0.1) is 11.3 Å². The van der Waals surface area contributed by atoms with Gasteiger partial charge in [-0.25, -0.2) is 4.98 Å². The van der Waals surface area contributed by atoms with Crippen LogP contribution in [0.2, 0.25) is 0 Å². The molecular formula is C19H21N5O2S. The monoisotopic (exact) mass is 383 g/mol. The minimum Gasteiger partial charge on any atom is -0.367 e. The van der Waals surface area contributed by atoms with Gasteiger partial charge in [0.1, 0.15) is 5.56 Å². The number of fused-ring (bicyclic) bond motifs is 1. The number of carbonyl (C=O) groups excluding carboxylic acids is 1. The van der Waals surface area contributed by atoms with Gasteiger partial charge in [-0.05, 0) is 18.7 Å². The van der Waals surface area contributed by atoms with Gasteiger partial charge < -0.3 is 15.1 Å². The molecule has 0 saturated carbocycles. The van der Waals surface area contributed by atoms with E-state index in [1.807, 2.05) is 24.3 Å². The van der Waals surface area contributed by atoms with Crippen molar-refractivity contribution in [2.75, 3.05) is 42.9 Å². The third-order valence-corrected chi connectivity index (χ3v) is 5.67. The van der Waals surface area contributed by atoms with Crippen LogP contribution in [-0.4, -0.2) is 52.9 Å². The lowest BCUT2D eigenvalue weighted by molar-refractivity contribution is 0.102. The molecule has 3 heterocycles. The van der Waals surface area contributed by atoms with Crippen molar-refractivity contribution in [2.45, 2.75) is 6.92 Å². The molecule has 1 fully saturated rings. The van der Waals surface area contributed by atoms with Crippen LogP contribution < -0.4 is 15.8 Å². The van der Waals surface area contributed by atoms with Gasteiger partial charge in [0.15, 0.2) is 4.96 Å². The zero-order valence-corrected chi connectivity index (χ0v) is 15.9. The lowest BCUT2D eigenvalue weighted by Crippen LogP contribution is -2.46. The normalized spacial score (nSPS) is 15.2. The van der Waals surface area contributed by atoms with E-state index in [1.165, 1.54) is 21.9 Å². The standard InChI is InChI=1S/C19H21N5O2S/c1-2-22-7-9-23(10-8-22)16-6-4-3-5-15(16)21-17(25)14-13-20-19-24(18(14)26)11-12-27-19/h3-6,11-13H,2,7-10H2,1H3,(H,21,25). The minimum absolute atomic E-state index is 0.0384. The predicted molar refractivity (Wildman–Crippen MR) is 108 cm³/mol. The van der Waals surface area contributed by atoms with Crippen LogP contribution >= 0.6 is 11.3 Å². The van der Waals surface area contributed by atoms with Gasteiger partial charge in [0.2, 0.25) is 0 Å². The number of aromatic nitrogens is 2. The fourth-order valence-corrected chi connectivity index (χ4v) is 4.01. The molecule has 1 N–H and O–H groups in total. The van der Waals surface area contributed by atoms with Crippen molar-refractivity contribution < 1.29 is 4.79 Å². The molecule has 0 radical (unpaired) electrons. The molecule has 0 spiro atoms. The van der Waals surface area contributed by atoms with Gasteiger partial charge in [0, 0.05) is 44.0 Å². The summed E-state index contributed by atoms with van der Waals surface area (Å²) in [6.07, 6.45) is 2.99. The van der Waals surface area contributed by atoms with Crippen molar-refractivity contribution in [3.05, 3.63) is 58.0 Å². The average Bonchev–Trinajstić information content (AvgIpc) is 3.18. The Hall–Kier alpha value is -2.71. The summed E-state index contributed by atoms with van der Waals surface area (Å²) in [7, 11) is 0. The van der Waals surface area contributed by atoms with Gasteiger partial charge in [0.05, 0.1) is 11.4 Å². The van der Waals surface area contributed by atoms with Crippen LogP contribution in [0.3, 0.4) is 0 Å². The third kappa shape index (κ3) is 3.45. The Morgan fingerprint density at radius 1 is 1.22 bits per heavy atom. The number of rotatable bonds is 4. The summed E-state index contributed by atoms with van der Waals surface area (Å²) in [6, 6.07) is 7.72. The molecule has 1 aliphatic rings. The van der Waals surface area contributed by atoms with Gasteiger partial charge in [-0.3, -0.25) is 14.0 Å². The topological polar surface area (TPSA) is 69.9 Å². The molecule has 2 aromatic heterocycles. The van der Waals surface area contributed by atoms with E-state index in [-0.39, 0.29) is 11.1 Å². The highest BCUT2D eigenvalue weighted by Crippen LogP contribution is 2.27. The van der Waals surface area contributed by atoms with Crippen molar-refractivity contribution in [3.8, 4) is 0 Å². The summed E-state index contributed by atoms with van der Waals surface area (Å²) in [6.45, 7) is 7.03. The first-order chi connectivity index (χ1) is 13.2. The molecule has 1 amide bonds. The van der Waals surface area contributed by atoms with Crippen LogP contribution in [0.5, 0.6) is 0 Å². The Morgan fingerprint density at radius 2 is 2.00 bits per heavy atom. The van der Waals surface area contributed by atoms with Crippen molar-refractivity contribution in [1.82, 2.24) is 14.3 Å². The number of hydrogen-bond acceptors (Lipinski definition) is 6. The Bertz CT molecular complexity index is 1020. The van der Waals surface area contributed by atoms with Gasteiger partial charge in [-0.2, -0.15) is 0 Å². The van der Waals surface area contributed by atoms with Crippen molar-refractivity contribution >= 4 is 33.6 Å². The van der Waals surface area contributed by atoms with Crippen molar-refractivity contribution in [3.63, 3.8) is 0 Å². The molecule has 4 rings (SSSR count). The number of carbonyl (C=O) groups is 1. The maximum Gasteiger partial charge on any atom is 0.271 e. The highest BCUT2D eigenvalue weighted by molar-refractivity contribution is 7.15.